The van der Waals surface area contributed by atoms with E-state index in [1.54, 1.807) is 0 Å². The van der Waals surface area contributed by atoms with Gasteiger partial charge in [-0.05, 0) is 12.1 Å². The number of nitrogens with two attached hydrogens (primary N) is 1. The highest BCUT2D eigenvalue weighted by Gasteiger charge is 2.17. The van der Waals surface area contributed by atoms with Gasteiger partial charge < -0.3 is 11.1 Å². The summed E-state index contributed by atoms with van der Waals surface area (Å²) in [5.41, 5.74) is 5.27. The van der Waals surface area contributed by atoms with Crippen molar-refractivity contribution in [3.63, 3.8) is 0 Å². The molecule has 1 aromatic carbocycles. The minimum Gasteiger partial charge on any atom is -0.393 e. The van der Waals surface area contributed by atoms with Crippen molar-refractivity contribution >= 4 is 23.0 Å². The molecule has 3 N–H and O–H groups in total. The first-order valence-corrected chi connectivity index (χ1v) is 3.83. The molecule has 6 nitrogen and oxygen atoms in total. The Bertz CT molecular complexity index is 389. The second-order valence-corrected chi connectivity index (χ2v) is 2.68. The number of carbonyl (C=O) groups excluding carboxylic acids is 1. The molecule has 1 rings (SSSR count). The molecule has 0 atom stereocenters. The molecule has 1 aromatic rings. The van der Waals surface area contributed by atoms with Gasteiger partial charge in [0.25, 0.3) is 0 Å². The molecule has 1 amide bonds. The molecule has 6 heteroatoms. The summed E-state index contributed by atoms with van der Waals surface area (Å²) in [6.45, 7) is 1.27. The molecule has 74 valence electrons. The second kappa shape index (κ2) is 3.73. The van der Waals surface area contributed by atoms with E-state index in [2.05, 4.69) is 5.32 Å². The van der Waals surface area contributed by atoms with Crippen LogP contribution in [0.3, 0.4) is 0 Å². The van der Waals surface area contributed by atoms with E-state index in [1.165, 1.54) is 25.1 Å². The minimum atomic E-state index is -0.624. The predicted octanol–water partition coefficient (Wildman–Crippen LogP) is 1.14. The Kier molecular flexibility index (Phi) is 2.66. The van der Waals surface area contributed by atoms with Gasteiger partial charge in [0.2, 0.25) is 5.91 Å². The third-order valence-corrected chi connectivity index (χ3v) is 1.56. The number of carbonyl (C=O) groups is 1. The number of hydrogen-bond donors (Lipinski definition) is 2. The maximum absolute atomic E-state index is 10.7. The van der Waals surface area contributed by atoms with Crippen LogP contribution in [-0.4, -0.2) is 10.8 Å². The number of rotatable bonds is 2. The second-order valence-electron chi connectivity index (χ2n) is 2.68. The van der Waals surface area contributed by atoms with Gasteiger partial charge in [0.15, 0.2) is 0 Å². The Labute approximate surface area is 79.9 Å². The van der Waals surface area contributed by atoms with Crippen molar-refractivity contribution in [1.29, 1.82) is 0 Å². The Balaban J connectivity index is 3.21. The van der Waals surface area contributed by atoms with Crippen molar-refractivity contribution < 1.29 is 9.72 Å². The average molecular weight is 195 g/mol. The van der Waals surface area contributed by atoms with Crippen LogP contribution in [-0.2, 0) is 4.79 Å². The van der Waals surface area contributed by atoms with E-state index in [-0.39, 0.29) is 23.0 Å². The number of hydrogen-bond acceptors (Lipinski definition) is 4. The molecule has 0 fully saturated rings. The summed E-state index contributed by atoms with van der Waals surface area (Å²) in [4.78, 5) is 20.7. The predicted molar refractivity (Wildman–Crippen MR) is 51.8 cm³/mol. The van der Waals surface area contributed by atoms with Crippen LogP contribution in [0.2, 0.25) is 0 Å². The molecular weight excluding hydrogens is 186 g/mol. The fraction of sp³-hybridized carbons (Fsp3) is 0.125. The number of nitrogens with zero attached hydrogens (tertiary/aromatic N) is 1. The van der Waals surface area contributed by atoms with Gasteiger partial charge in [0.05, 0.1) is 4.92 Å². The monoisotopic (exact) mass is 195 g/mol. The first-order chi connectivity index (χ1) is 6.52. The van der Waals surface area contributed by atoms with Crippen LogP contribution in [0.1, 0.15) is 6.92 Å². The number of benzene rings is 1. The largest absolute Gasteiger partial charge is 0.393 e. The van der Waals surface area contributed by atoms with E-state index in [9.17, 15) is 14.9 Å². The van der Waals surface area contributed by atoms with E-state index in [1.807, 2.05) is 0 Å². The molecule has 0 bridgehead atoms. The molecular formula is C8H9N3O3. The lowest BCUT2D eigenvalue weighted by Gasteiger charge is -2.04. The maximum Gasteiger partial charge on any atom is 0.315 e. The number of nitro benzene ring substituents is 1. The van der Waals surface area contributed by atoms with Crippen molar-refractivity contribution in [3.05, 3.63) is 28.3 Å². The molecule has 0 spiro atoms. The molecule has 0 heterocycles. The van der Waals surface area contributed by atoms with Crippen LogP contribution >= 0.6 is 0 Å². The fourth-order valence-electron chi connectivity index (χ4n) is 1.06. The third kappa shape index (κ3) is 1.98. The summed E-state index contributed by atoms with van der Waals surface area (Å²) < 4.78 is 0. The van der Waals surface area contributed by atoms with E-state index >= 15 is 0 Å². The lowest BCUT2D eigenvalue weighted by molar-refractivity contribution is -0.383. The molecule has 0 radical (unpaired) electrons. The van der Waals surface area contributed by atoms with Crippen LogP contribution in [0.25, 0.3) is 0 Å². The summed E-state index contributed by atoms with van der Waals surface area (Å²) in [6, 6.07) is 4.37. The topological polar surface area (TPSA) is 98.3 Å². The van der Waals surface area contributed by atoms with Crippen molar-refractivity contribution in [2.75, 3.05) is 11.1 Å². The van der Waals surface area contributed by atoms with Gasteiger partial charge >= 0.3 is 5.69 Å². The van der Waals surface area contributed by atoms with Gasteiger partial charge in [0.1, 0.15) is 11.4 Å². The van der Waals surface area contributed by atoms with Gasteiger partial charge in [-0.2, -0.15) is 0 Å². The van der Waals surface area contributed by atoms with Crippen molar-refractivity contribution in [2.45, 2.75) is 6.92 Å². The molecule has 0 aromatic heterocycles. The fourth-order valence-corrected chi connectivity index (χ4v) is 1.06. The summed E-state index contributed by atoms with van der Waals surface area (Å²) in [6.07, 6.45) is 0. The van der Waals surface area contributed by atoms with Crippen LogP contribution in [0.15, 0.2) is 18.2 Å². The molecule has 0 aliphatic heterocycles. The van der Waals surface area contributed by atoms with Crippen LogP contribution in [0.4, 0.5) is 17.1 Å². The lowest BCUT2D eigenvalue weighted by atomic mass is 10.2. The quantitative estimate of drug-likeness (QED) is 0.420. The zero-order valence-electron chi connectivity index (χ0n) is 7.48. The Morgan fingerprint density at radius 3 is 2.71 bits per heavy atom. The van der Waals surface area contributed by atoms with Gasteiger partial charge in [0, 0.05) is 6.92 Å². The Morgan fingerprint density at radius 2 is 2.21 bits per heavy atom. The van der Waals surface area contributed by atoms with E-state index < -0.39 is 4.92 Å². The van der Waals surface area contributed by atoms with Gasteiger partial charge in [-0.1, -0.05) is 6.07 Å². The summed E-state index contributed by atoms with van der Waals surface area (Å²) in [5.74, 6) is -0.376. The molecule has 14 heavy (non-hydrogen) atoms. The molecule has 0 aliphatic rings. The average Bonchev–Trinajstić information content (AvgIpc) is 2.01. The van der Waals surface area contributed by atoms with Crippen LogP contribution < -0.4 is 11.1 Å². The number of anilines is 2. The first kappa shape index (κ1) is 9.97. The van der Waals surface area contributed by atoms with E-state index in [4.69, 9.17) is 5.73 Å². The van der Waals surface area contributed by atoms with Crippen molar-refractivity contribution in [1.82, 2.24) is 0 Å². The molecule has 0 saturated carbocycles. The normalized spacial score (nSPS) is 9.50. The van der Waals surface area contributed by atoms with Crippen LogP contribution in [0.5, 0.6) is 0 Å². The van der Waals surface area contributed by atoms with Crippen molar-refractivity contribution in [3.8, 4) is 0 Å². The number of amides is 1. The van der Waals surface area contributed by atoms with Gasteiger partial charge in [-0.3, -0.25) is 14.9 Å². The SMILES string of the molecule is CC(=O)Nc1cccc(N)c1[N+](=O)[O-]. The number of nitro groups is 1. The van der Waals surface area contributed by atoms with Gasteiger partial charge in [-0.25, -0.2) is 0 Å². The highest BCUT2D eigenvalue weighted by molar-refractivity contribution is 5.93. The Morgan fingerprint density at radius 1 is 1.57 bits per heavy atom. The number of para-hydroxylation sites is 1. The summed E-state index contributed by atoms with van der Waals surface area (Å²) in [5, 5.41) is 12.9. The highest BCUT2D eigenvalue weighted by Crippen LogP contribution is 2.30. The number of nitrogens with one attached hydrogen (secondary N) is 1. The highest BCUT2D eigenvalue weighted by atomic mass is 16.6. The van der Waals surface area contributed by atoms with E-state index in [0.717, 1.165) is 0 Å². The molecule has 0 unspecified atom stereocenters. The van der Waals surface area contributed by atoms with E-state index in [0.29, 0.717) is 0 Å². The molecule has 0 aliphatic carbocycles. The lowest BCUT2D eigenvalue weighted by Crippen LogP contribution is -2.09. The van der Waals surface area contributed by atoms with Gasteiger partial charge in [-0.15, -0.1) is 0 Å². The maximum atomic E-state index is 10.7. The smallest absolute Gasteiger partial charge is 0.315 e. The third-order valence-electron chi connectivity index (χ3n) is 1.56. The minimum absolute atomic E-state index is 0.0289. The Hall–Kier alpha value is -2.11. The zero-order valence-corrected chi connectivity index (χ0v) is 7.48. The molecule has 0 saturated heterocycles. The summed E-state index contributed by atoms with van der Waals surface area (Å²) in [7, 11) is 0. The zero-order chi connectivity index (χ0) is 10.7. The standard InChI is InChI=1S/C8H9N3O3/c1-5(12)10-7-4-2-3-6(9)8(7)11(13)14/h2-4H,9H2,1H3,(H,10,12). The van der Waals surface area contributed by atoms with Crippen molar-refractivity contribution in [2.24, 2.45) is 0 Å². The number of nitrogen functional groups attached to an aromatic ring is 1. The summed E-state index contributed by atoms with van der Waals surface area (Å²) >= 11 is 0. The first-order valence-electron chi connectivity index (χ1n) is 3.83. The van der Waals surface area contributed by atoms with Crippen LogP contribution in [0, 0.1) is 10.1 Å².